The highest BCUT2D eigenvalue weighted by Gasteiger charge is 2.33. The summed E-state index contributed by atoms with van der Waals surface area (Å²) < 4.78 is 22.2. The van der Waals surface area contributed by atoms with Crippen LogP contribution in [0.25, 0.3) is 0 Å². The monoisotopic (exact) mass is 205 g/mol. The van der Waals surface area contributed by atoms with Crippen molar-refractivity contribution in [1.82, 2.24) is 5.32 Å². The van der Waals surface area contributed by atoms with Crippen LogP contribution < -0.4 is 5.32 Å². The Hall–Kier alpha value is -0.130. The highest BCUT2D eigenvalue weighted by Crippen LogP contribution is 2.22. The Labute approximate surface area is 78.3 Å². The molecule has 5 heteroatoms. The van der Waals surface area contributed by atoms with Crippen molar-refractivity contribution in [1.29, 1.82) is 0 Å². The van der Waals surface area contributed by atoms with E-state index in [1.807, 2.05) is 0 Å². The van der Waals surface area contributed by atoms with Crippen molar-refractivity contribution in [3.05, 3.63) is 0 Å². The largest absolute Gasteiger partial charge is 0.393 e. The fraction of sp³-hybridized carbons (Fsp3) is 1.00. The Bertz CT molecular complexity index is 282. The van der Waals surface area contributed by atoms with Crippen LogP contribution in [0, 0.1) is 0 Å². The first kappa shape index (κ1) is 9.43. The van der Waals surface area contributed by atoms with E-state index in [1.54, 1.807) is 0 Å². The second-order valence-corrected chi connectivity index (χ2v) is 6.32. The van der Waals surface area contributed by atoms with Crippen molar-refractivity contribution in [2.24, 2.45) is 0 Å². The Kier molecular flexibility index (Phi) is 2.33. The van der Waals surface area contributed by atoms with Crippen LogP contribution in [0.4, 0.5) is 0 Å². The van der Waals surface area contributed by atoms with Gasteiger partial charge in [-0.25, -0.2) is 8.42 Å². The minimum absolute atomic E-state index is 0.127. The highest BCUT2D eigenvalue weighted by molar-refractivity contribution is 7.91. The van der Waals surface area contributed by atoms with Crippen LogP contribution in [0.15, 0.2) is 0 Å². The fourth-order valence-electron chi connectivity index (χ4n) is 1.98. The van der Waals surface area contributed by atoms with Crippen LogP contribution in [0.3, 0.4) is 0 Å². The second kappa shape index (κ2) is 3.22. The van der Waals surface area contributed by atoms with E-state index in [-0.39, 0.29) is 17.9 Å². The van der Waals surface area contributed by atoms with Gasteiger partial charge in [0.05, 0.1) is 17.6 Å². The SMILES string of the molecule is O=S1(=O)CCC(NC2CC(O)C2)C1. The van der Waals surface area contributed by atoms with Crippen molar-refractivity contribution in [2.75, 3.05) is 11.5 Å². The Balaban J connectivity index is 1.78. The maximum Gasteiger partial charge on any atom is 0.151 e. The molecule has 0 aromatic carbocycles. The van der Waals surface area contributed by atoms with Crippen molar-refractivity contribution in [3.63, 3.8) is 0 Å². The van der Waals surface area contributed by atoms with Crippen molar-refractivity contribution in [3.8, 4) is 0 Å². The number of aliphatic hydroxyl groups excluding tert-OH is 1. The summed E-state index contributed by atoms with van der Waals surface area (Å²) in [6.45, 7) is 0. The first-order valence-corrected chi connectivity index (χ1v) is 6.52. The number of aliphatic hydroxyl groups is 1. The minimum atomic E-state index is -2.76. The number of hydrogen-bond acceptors (Lipinski definition) is 4. The molecule has 76 valence electrons. The van der Waals surface area contributed by atoms with Crippen LogP contribution in [0.2, 0.25) is 0 Å². The normalized spacial score (nSPS) is 43.0. The van der Waals surface area contributed by atoms with Crippen LogP contribution >= 0.6 is 0 Å². The summed E-state index contributed by atoms with van der Waals surface area (Å²) in [4.78, 5) is 0. The van der Waals surface area contributed by atoms with E-state index in [0.717, 1.165) is 19.3 Å². The predicted octanol–water partition coefficient (Wildman–Crippen LogP) is -0.714. The van der Waals surface area contributed by atoms with Gasteiger partial charge >= 0.3 is 0 Å². The summed E-state index contributed by atoms with van der Waals surface area (Å²) in [7, 11) is -2.76. The standard InChI is InChI=1S/C8H15NO3S/c10-8-3-7(4-8)9-6-1-2-13(11,12)5-6/h6-10H,1-5H2. The van der Waals surface area contributed by atoms with Gasteiger partial charge in [0.1, 0.15) is 0 Å². The molecule has 2 rings (SSSR count). The first-order chi connectivity index (χ1) is 6.05. The molecule has 0 amide bonds. The van der Waals surface area contributed by atoms with Gasteiger partial charge in [-0.05, 0) is 19.3 Å². The zero-order valence-electron chi connectivity index (χ0n) is 7.44. The van der Waals surface area contributed by atoms with Gasteiger partial charge in [-0.15, -0.1) is 0 Å². The summed E-state index contributed by atoms with van der Waals surface area (Å²) >= 11 is 0. The van der Waals surface area contributed by atoms with Gasteiger partial charge in [0, 0.05) is 12.1 Å². The molecule has 1 saturated carbocycles. The molecule has 1 atom stereocenters. The molecule has 2 N–H and O–H groups in total. The molecule has 2 aliphatic rings. The van der Waals surface area contributed by atoms with Gasteiger partial charge in [0.15, 0.2) is 9.84 Å². The average molecular weight is 205 g/mol. The second-order valence-electron chi connectivity index (χ2n) is 4.09. The van der Waals surface area contributed by atoms with E-state index in [4.69, 9.17) is 5.11 Å². The lowest BCUT2D eigenvalue weighted by atomic mass is 9.89. The van der Waals surface area contributed by atoms with Crippen molar-refractivity contribution in [2.45, 2.75) is 37.5 Å². The minimum Gasteiger partial charge on any atom is -0.393 e. The maximum atomic E-state index is 11.1. The molecule has 1 unspecified atom stereocenters. The molecule has 0 aromatic rings. The quantitative estimate of drug-likeness (QED) is 0.625. The molecule has 0 spiro atoms. The summed E-state index contributed by atoms with van der Waals surface area (Å²) in [5.74, 6) is 0.597. The summed E-state index contributed by atoms with van der Waals surface area (Å²) in [5.41, 5.74) is 0. The van der Waals surface area contributed by atoms with Crippen LogP contribution in [-0.2, 0) is 9.84 Å². The molecular formula is C8H15NO3S. The fourth-order valence-corrected chi connectivity index (χ4v) is 3.67. The number of rotatable bonds is 2. The zero-order valence-corrected chi connectivity index (χ0v) is 8.26. The predicted molar refractivity (Wildman–Crippen MR) is 49.2 cm³/mol. The van der Waals surface area contributed by atoms with Gasteiger partial charge in [0.25, 0.3) is 0 Å². The van der Waals surface area contributed by atoms with Crippen LogP contribution in [0.1, 0.15) is 19.3 Å². The molecule has 0 bridgehead atoms. The Morgan fingerprint density at radius 1 is 1.23 bits per heavy atom. The first-order valence-electron chi connectivity index (χ1n) is 4.70. The summed E-state index contributed by atoms with van der Waals surface area (Å²) in [5, 5.41) is 12.3. The van der Waals surface area contributed by atoms with Gasteiger partial charge in [-0.1, -0.05) is 0 Å². The van der Waals surface area contributed by atoms with E-state index in [2.05, 4.69) is 5.32 Å². The molecule has 1 heterocycles. The van der Waals surface area contributed by atoms with Crippen LogP contribution in [0.5, 0.6) is 0 Å². The zero-order chi connectivity index (χ0) is 9.47. The van der Waals surface area contributed by atoms with Gasteiger partial charge in [0.2, 0.25) is 0 Å². The molecule has 1 saturated heterocycles. The van der Waals surface area contributed by atoms with E-state index in [1.165, 1.54) is 0 Å². The third kappa shape index (κ3) is 2.21. The topological polar surface area (TPSA) is 66.4 Å². The molecule has 1 aliphatic carbocycles. The lowest BCUT2D eigenvalue weighted by Crippen LogP contribution is -2.48. The molecule has 1 aliphatic heterocycles. The number of hydrogen-bond donors (Lipinski definition) is 2. The smallest absolute Gasteiger partial charge is 0.151 e. The summed E-state index contributed by atoms with van der Waals surface area (Å²) in [6.07, 6.45) is 2.11. The lowest BCUT2D eigenvalue weighted by Gasteiger charge is -2.34. The summed E-state index contributed by atoms with van der Waals surface area (Å²) in [6, 6.07) is 0.468. The van der Waals surface area contributed by atoms with E-state index in [9.17, 15) is 8.42 Å². The van der Waals surface area contributed by atoms with E-state index < -0.39 is 9.84 Å². The van der Waals surface area contributed by atoms with Gasteiger partial charge < -0.3 is 10.4 Å². The lowest BCUT2D eigenvalue weighted by molar-refractivity contribution is 0.0590. The molecular weight excluding hydrogens is 190 g/mol. The van der Waals surface area contributed by atoms with Crippen molar-refractivity contribution < 1.29 is 13.5 Å². The third-order valence-corrected chi connectivity index (χ3v) is 4.58. The molecule has 2 fully saturated rings. The highest BCUT2D eigenvalue weighted by atomic mass is 32.2. The van der Waals surface area contributed by atoms with Crippen LogP contribution in [-0.4, -0.2) is 43.2 Å². The number of nitrogens with one attached hydrogen (secondary N) is 1. The molecule has 0 radical (unpaired) electrons. The van der Waals surface area contributed by atoms with Gasteiger partial charge in [-0.3, -0.25) is 0 Å². The van der Waals surface area contributed by atoms with E-state index >= 15 is 0 Å². The molecule has 4 nitrogen and oxygen atoms in total. The molecule has 13 heavy (non-hydrogen) atoms. The average Bonchev–Trinajstić information content (AvgIpc) is 2.27. The van der Waals surface area contributed by atoms with Gasteiger partial charge in [-0.2, -0.15) is 0 Å². The maximum absolute atomic E-state index is 11.1. The Morgan fingerprint density at radius 2 is 1.92 bits per heavy atom. The van der Waals surface area contributed by atoms with Crippen molar-refractivity contribution >= 4 is 9.84 Å². The van der Waals surface area contributed by atoms with E-state index in [0.29, 0.717) is 11.8 Å². The number of sulfone groups is 1. The third-order valence-electron chi connectivity index (χ3n) is 2.82. The molecule has 0 aromatic heterocycles. The Morgan fingerprint density at radius 3 is 2.38 bits per heavy atom.